The molecule has 3 aromatic rings. The summed E-state index contributed by atoms with van der Waals surface area (Å²) in [5.41, 5.74) is -0.466. The number of carbonyl (C=O) groups excluding carboxylic acids is 1. The van der Waals surface area contributed by atoms with Gasteiger partial charge in [-0.05, 0) is 0 Å². The molecule has 0 aliphatic carbocycles. The van der Waals surface area contributed by atoms with E-state index >= 15 is 0 Å². The van der Waals surface area contributed by atoms with Gasteiger partial charge in [0.05, 0.1) is 0 Å². The Hall–Kier alpha value is -1.96. The second kappa shape index (κ2) is 9.67. The van der Waals surface area contributed by atoms with Crippen LogP contribution in [-0.4, -0.2) is 18.7 Å². The van der Waals surface area contributed by atoms with Crippen LogP contribution in [-0.2, 0) is 9.53 Å². The van der Waals surface area contributed by atoms with Crippen LogP contribution in [0.25, 0.3) is 0 Å². The summed E-state index contributed by atoms with van der Waals surface area (Å²) in [5.74, 6) is -0.141. The summed E-state index contributed by atoms with van der Waals surface area (Å²) >= 11 is 4.45. The van der Waals surface area contributed by atoms with Crippen molar-refractivity contribution >= 4 is 42.7 Å². The van der Waals surface area contributed by atoms with Crippen molar-refractivity contribution < 1.29 is 9.53 Å². The van der Waals surface area contributed by atoms with Crippen molar-refractivity contribution in [2.24, 2.45) is 5.41 Å². The number of esters is 1. The topological polar surface area (TPSA) is 26.3 Å². The number of hydrogen-bond acceptors (Lipinski definition) is 2. The van der Waals surface area contributed by atoms with Crippen molar-refractivity contribution in [2.45, 2.75) is 33.6 Å². The van der Waals surface area contributed by atoms with Gasteiger partial charge in [-0.1, -0.05) is 0 Å². The average Bonchev–Trinajstić information content (AvgIpc) is 2.80. The minimum atomic E-state index is -2.88. The van der Waals surface area contributed by atoms with Gasteiger partial charge >= 0.3 is 195 Å². The zero-order valence-corrected chi connectivity index (χ0v) is 21.1. The Morgan fingerprint density at radius 1 is 0.742 bits per heavy atom. The molecule has 4 heteroatoms. The Morgan fingerprint density at radius 2 is 1.13 bits per heavy atom. The molecule has 3 rings (SSSR count). The van der Waals surface area contributed by atoms with E-state index < -0.39 is 10.7 Å². The third kappa shape index (κ3) is 4.94. The van der Waals surface area contributed by atoms with Crippen LogP contribution in [0.5, 0.6) is 0 Å². The third-order valence-corrected chi connectivity index (χ3v) is 15.7. The number of unbranched alkanes of at least 4 members (excludes halogenated alkanes) is 1. The normalized spacial score (nSPS) is 13.2. The molecule has 31 heavy (non-hydrogen) atoms. The molecule has 0 atom stereocenters. The molecule has 0 radical (unpaired) electrons. The van der Waals surface area contributed by atoms with E-state index in [1.54, 1.807) is 0 Å². The Balaban J connectivity index is 1.98. The number of benzene rings is 3. The van der Waals surface area contributed by atoms with E-state index in [1.165, 1.54) is 15.9 Å². The summed E-state index contributed by atoms with van der Waals surface area (Å²) in [6.45, 7) is 6.12. The number of carbonyl (C=O) groups is 1. The predicted octanol–water partition coefficient (Wildman–Crippen LogP) is 6.20. The fourth-order valence-electron chi connectivity index (χ4n) is 3.94. The van der Waals surface area contributed by atoms with Gasteiger partial charge in [0.2, 0.25) is 0 Å². The van der Waals surface area contributed by atoms with E-state index in [2.05, 4.69) is 106 Å². The number of halogens is 1. The van der Waals surface area contributed by atoms with E-state index in [0.717, 1.165) is 19.0 Å². The summed E-state index contributed by atoms with van der Waals surface area (Å²) < 4.78 is 5.53. The summed E-state index contributed by atoms with van der Waals surface area (Å²) in [4.78, 5) is 12.1. The van der Waals surface area contributed by atoms with Crippen LogP contribution in [0.15, 0.2) is 91.0 Å². The summed E-state index contributed by atoms with van der Waals surface area (Å²) in [5, 5.41) is 1.07. The number of rotatable bonds is 8. The molecule has 2 nitrogen and oxygen atoms in total. The first kappa shape index (κ1) is 23.7. The molecule has 0 aliphatic heterocycles. The second-order valence-electron chi connectivity index (χ2n) is 9.01. The Morgan fingerprint density at radius 3 is 1.48 bits per heavy atom. The first-order valence-electron chi connectivity index (χ1n) is 10.8. The van der Waals surface area contributed by atoms with Crippen LogP contribution in [0, 0.1) is 5.41 Å². The van der Waals surface area contributed by atoms with E-state index in [4.69, 9.17) is 4.74 Å². The van der Waals surface area contributed by atoms with Crippen LogP contribution in [0.1, 0.15) is 33.6 Å². The van der Waals surface area contributed by atoms with Crippen LogP contribution >= 0.6 is 20.8 Å². The van der Waals surface area contributed by atoms with Gasteiger partial charge in [0.1, 0.15) is 0 Å². The molecule has 164 valence electrons. The molecule has 0 aliphatic rings. The fraction of sp³-hybridized carbons (Fsp3) is 0.296. The molecule has 0 aromatic heterocycles. The van der Waals surface area contributed by atoms with Gasteiger partial charge in [0.25, 0.3) is 0 Å². The molecule has 0 heterocycles. The van der Waals surface area contributed by atoms with Gasteiger partial charge in [-0.25, -0.2) is 0 Å². The number of hydrogen-bond donors (Lipinski definition) is 0. The van der Waals surface area contributed by atoms with Gasteiger partial charge in [-0.3, -0.25) is 0 Å². The van der Waals surface area contributed by atoms with Crippen molar-refractivity contribution in [3.05, 3.63) is 91.0 Å². The summed E-state index contributed by atoms with van der Waals surface area (Å²) in [6.07, 6.45) is 2.73. The molecule has 0 amide bonds. The quantitative estimate of drug-likeness (QED) is 0.210. The standard InChI is InChI=1S/C27H32BrO2P/c1-27(2,3)26(29)30-21-13-14-22-31(28,23-15-7-4-8-16-23,24-17-9-5-10-18-24)25-19-11-6-12-20-25/h4-12,15-20H,13-14,21-22H2,1-3H3. The Labute approximate surface area is 194 Å². The second-order valence-corrected chi connectivity index (χ2v) is 18.1. The molecule has 0 fully saturated rings. The average molecular weight is 499 g/mol. The van der Waals surface area contributed by atoms with Crippen LogP contribution in [0.4, 0.5) is 0 Å². The predicted molar refractivity (Wildman–Crippen MR) is 139 cm³/mol. The monoisotopic (exact) mass is 498 g/mol. The van der Waals surface area contributed by atoms with Gasteiger partial charge in [0.15, 0.2) is 0 Å². The van der Waals surface area contributed by atoms with Gasteiger partial charge in [-0.2, -0.15) is 0 Å². The number of ether oxygens (including phenoxy) is 1. The molecule has 3 aromatic carbocycles. The van der Waals surface area contributed by atoms with Crippen molar-refractivity contribution in [1.82, 2.24) is 0 Å². The van der Waals surface area contributed by atoms with Crippen molar-refractivity contribution in [1.29, 1.82) is 0 Å². The first-order chi connectivity index (χ1) is 14.8. The molecule has 0 saturated heterocycles. The molecule has 0 saturated carbocycles. The van der Waals surface area contributed by atoms with Gasteiger partial charge < -0.3 is 0 Å². The maximum absolute atomic E-state index is 12.1. The molecule has 0 unspecified atom stereocenters. The van der Waals surface area contributed by atoms with Crippen molar-refractivity contribution in [2.75, 3.05) is 12.8 Å². The molecular formula is C27H32BrO2P. The molecule has 0 bridgehead atoms. The van der Waals surface area contributed by atoms with Crippen LogP contribution < -0.4 is 15.9 Å². The Bertz CT molecular complexity index is 883. The van der Waals surface area contributed by atoms with E-state index in [1.807, 2.05) is 20.8 Å². The van der Waals surface area contributed by atoms with Crippen LogP contribution in [0.2, 0.25) is 0 Å². The summed E-state index contributed by atoms with van der Waals surface area (Å²) in [6, 6.07) is 32.4. The van der Waals surface area contributed by atoms with Crippen molar-refractivity contribution in [3.8, 4) is 0 Å². The van der Waals surface area contributed by atoms with Crippen LogP contribution in [0.3, 0.4) is 0 Å². The first-order valence-corrected chi connectivity index (χ1v) is 15.3. The molecule has 0 spiro atoms. The SMILES string of the molecule is CC(C)(C)C(=O)OCCCCP(Br)(c1ccccc1)(c1ccccc1)c1ccccc1. The summed E-state index contributed by atoms with van der Waals surface area (Å²) in [7, 11) is 0. The zero-order chi connectivity index (χ0) is 22.4. The van der Waals surface area contributed by atoms with E-state index in [-0.39, 0.29) is 5.97 Å². The molecule has 0 N–H and O–H groups in total. The molecular weight excluding hydrogens is 467 g/mol. The zero-order valence-electron chi connectivity index (χ0n) is 18.6. The Kier molecular flexibility index (Phi) is 7.39. The van der Waals surface area contributed by atoms with Gasteiger partial charge in [0, 0.05) is 0 Å². The third-order valence-electron chi connectivity index (χ3n) is 5.70. The van der Waals surface area contributed by atoms with E-state index in [0.29, 0.717) is 6.61 Å². The van der Waals surface area contributed by atoms with Gasteiger partial charge in [-0.15, -0.1) is 0 Å². The van der Waals surface area contributed by atoms with Crippen molar-refractivity contribution in [3.63, 3.8) is 0 Å². The fourth-order valence-corrected chi connectivity index (χ4v) is 11.7. The minimum absolute atomic E-state index is 0.141. The maximum atomic E-state index is 12.1. The van der Waals surface area contributed by atoms with E-state index in [9.17, 15) is 4.79 Å².